The number of amides is 1. The Morgan fingerprint density at radius 2 is 1.27 bits per heavy atom. The molecular weight excluding hydrogens is 914 g/mol. The van der Waals surface area contributed by atoms with Crippen LogP contribution in [0.5, 0.6) is 11.5 Å². The number of carbonyl (C=O) groups excluding carboxylic acids is 1. The number of methoxy groups -OCH3 is 2. The summed E-state index contributed by atoms with van der Waals surface area (Å²) in [5.74, 6) is 1.47. The van der Waals surface area contributed by atoms with E-state index in [-0.39, 0.29) is 48.8 Å². The summed E-state index contributed by atoms with van der Waals surface area (Å²) >= 11 is 0. The maximum absolute atomic E-state index is 14.6. The first-order valence-corrected chi connectivity index (χ1v) is 27.8. The fourth-order valence-corrected chi connectivity index (χ4v) is 16.7. The van der Waals surface area contributed by atoms with Crippen LogP contribution < -0.4 is 19.8 Å². The minimum atomic E-state index is -2.89. The van der Waals surface area contributed by atoms with Gasteiger partial charge in [-0.25, -0.2) is 4.67 Å². The molecule has 2 aliphatic rings. The molecule has 2 saturated heterocycles. The molecule has 70 heavy (non-hydrogen) atoms. The molecule has 7 rings (SSSR count). The minimum absolute atomic E-state index is 0.0208. The smallest absolute Gasteiger partial charge is 0.261 e. The van der Waals surface area contributed by atoms with E-state index in [0.29, 0.717) is 32.2 Å². The van der Waals surface area contributed by atoms with E-state index in [1.165, 1.54) is 10.4 Å². The summed E-state index contributed by atoms with van der Waals surface area (Å²) in [6, 6.07) is 49.9. The molecule has 2 unspecified atom stereocenters. The average molecular weight is 986 g/mol. The molecule has 5 aromatic carbocycles. The Balaban J connectivity index is 1.24. The predicted octanol–water partition coefficient (Wildman–Crippen LogP) is 10.7. The van der Waals surface area contributed by atoms with Gasteiger partial charge in [0.1, 0.15) is 29.4 Å². The van der Waals surface area contributed by atoms with Crippen molar-refractivity contribution in [2.24, 2.45) is 0 Å². The average Bonchev–Trinajstić information content (AvgIpc) is 3.67. The summed E-state index contributed by atoms with van der Waals surface area (Å²) in [6.07, 6.45) is 0.243. The number of likely N-dealkylation sites (tertiary alicyclic amines) is 1. The van der Waals surface area contributed by atoms with E-state index in [0.717, 1.165) is 28.2 Å². The number of carbonyl (C=O) groups is 1. The first-order valence-electron chi connectivity index (χ1n) is 24.7. The van der Waals surface area contributed by atoms with Gasteiger partial charge in [0.25, 0.3) is 16.8 Å². The molecule has 5 atom stereocenters. The summed E-state index contributed by atoms with van der Waals surface area (Å²) in [5.41, 5.74) is 1.57. The fourth-order valence-electron chi connectivity index (χ4n) is 10.2. The molecule has 2 aliphatic heterocycles. The van der Waals surface area contributed by atoms with Crippen LogP contribution in [0, 0.1) is 11.3 Å². The van der Waals surface area contributed by atoms with Crippen LogP contribution in [0.4, 0.5) is 0 Å². The number of nitriles is 1. The van der Waals surface area contributed by atoms with Gasteiger partial charge in [-0.3, -0.25) is 4.79 Å². The zero-order valence-electron chi connectivity index (χ0n) is 42.5. The number of nitrogens with zero attached hydrogens (tertiary/aromatic N) is 3. The van der Waals surface area contributed by atoms with Gasteiger partial charge in [0.15, 0.2) is 0 Å². The number of benzene rings is 5. The van der Waals surface area contributed by atoms with Gasteiger partial charge in [-0.05, 0) is 96.9 Å². The molecule has 0 aliphatic carbocycles. The lowest BCUT2D eigenvalue weighted by Crippen LogP contribution is -2.67. The van der Waals surface area contributed by atoms with Gasteiger partial charge >= 0.3 is 0 Å². The summed E-state index contributed by atoms with van der Waals surface area (Å²) in [7, 11) is -1.24. The third-order valence-corrected chi connectivity index (χ3v) is 20.8. The van der Waals surface area contributed by atoms with Crippen LogP contribution >= 0.6 is 8.53 Å². The van der Waals surface area contributed by atoms with Gasteiger partial charge in [0.05, 0.1) is 46.0 Å². The third kappa shape index (κ3) is 11.7. The minimum Gasteiger partial charge on any atom is -0.497 e. The highest BCUT2D eigenvalue weighted by Crippen LogP contribution is 2.50. The van der Waals surface area contributed by atoms with Gasteiger partial charge in [-0.1, -0.05) is 136 Å². The van der Waals surface area contributed by atoms with Crippen molar-refractivity contribution in [2.45, 2.75) is 128 Å². The van der Waals surface area contributed by atoms with E-state index in [2.05, 4.69) is 132 Å². The zero-order chi connectivity index (χ0) is 49.9. The number of hydrogen-bond donors (Lipinski definition) is 0. The molecule has 0 saturated carbocycles. The van der Waals surface area contributed by atoms with Gasteiger partial charge < -0.3 is 37.3 Å². The molecule has 2 heterocycles. The third-order valence-electron chi connectivity index (χ3n) is 13.5. The van der Waals surface area contributed by atoms with Crippen molar-refractivity contribution < 1.29 is 37.2 Å². The van der Waals surface area contributed by atoms with E-state index >= 15 is 0 Å². The largest absolute Gasteiger partial charge is 0.497 e. The first-order chi connectivity index (χ1) is 33.7. The van der Waals surface area contributed by atoms with Gasteiger partial charge in [-0.2, -0.15) is 5.26 Å². The Hall–Kier alpha value is -4.93. The topological polar surface area (TPSA) is 112 Å². The Morgan fingerprint density at radius 1 is 0.757 bits per heavy atom. The van der Waals surface area contributed by atoms with Crippen LogP contribution in [-0.2, 0) is 33.3 Å². The number of rotatable bonds is 21. The molecular formula is C57H72N3O8PSi. The van der Waals surface area contributed by atoms with Gasteiger partial charge in [0.2, 0.25) is 5.91 Å². The van der Waals surface area contributed by atoms with Crippen LogP contribution in [0.2, 0.25) is 5.04 Å². The summed E-state index contributed by atoms with van der Waals surface area (Å²) in [5, 5.41) is 11.8. The maximum atomic E-state index is 14.6. The summed E-state index contributed by atoms with van der Waals surface area (Å²) in [6.45, 7) is 16.1. The maximum Gasteiger partial charge on any atom is 0.261 e. The lowest BCUT2D eigenvalue weighted by molar-refractivity contribution is -0.149. The van der Waals surface area contributed by atoms with Gasteiger partial charge in [-0.15, -0.1) is 0 Å². The molecule has 0 bridgehead atoms. The summed E-state index contributed by atoms with van der Waals surface area (Å²) in [4.78, 5) is 16.5. The zero-order valence-corrected chi connectivity index (χ0v) is 44.3. The van der Waals surface area contributed by atoms with Crippen molar-refractivity contribution in [1.82, 2.24) is 9.57 Å². The Labute approximate surface area is 419 Å². The molecule has 0 radical (unpaired) electrons. The summed E-state index contributed by atoms with van der Waals surface area (Å²) < 4.78 is 49.3. The monoisotopic (exact) mass is 985 g/mol. The molecule has 2 fully saturated rings. The van der Waals surface area contributed by atoms with Crippen molar-refractivity contribution in [3.8, 4) is 17.6 Å². The predicted molar refractivity (Wildman–Crippen MR) is 280 cm³/mol. The second-order valence-electron chi connectivity index (χ2n) is 19.7. The second-order valence-corrected chi connectivity index (χ2v) is 25.3. The van der Waals surface area contributed by atoms with Crippen LogP contribution in [-0.4, -0.2) is 94.4 Å². The van der Waals surface area contributed by atoms with E-state index in [4.69, 9.17) is 32.4 Å². The van der Waals surface area contributed by atoms with Crippen molar-refractivity contribution in [3.05, 3.63) is 156 Å². The highest BCUT2D eigenvalue weighted by molar-refractivity contribution is 7.44. The molecule has 0 spiro atoms. The van der Waals surface area contributed by atoms with E-state index in [9.17, 15) is 10.1 Å². The van der Waals surface area contributed by atoms with Crippen molar-refractivity contribution in [1.29, 1.82) is 5.26 Å². The van der Waals surface area contributed by atoms with Crippen LogP contribution in [0.3, 0.4) is 0 Å². The lowest BCUT2D eigenvalue weighted by Gasteiger charge is -2.45. The lowest BCUT2D eigenvalue weighted by atomic mass is 9.80. The van der Waals surface area contributed by atoms with Crippen molar-refractivity contribution in [3.63, 3.8) is 0 Å². The SMILES string of the molecule is COc1ccc(C(OC[C@H]2O[C@@H](N3CC[C@@H](O[Si](c4ccccc4)(c4ccccc4)C(C)(C)C)CCC3=O)CC2OP(OCCC#N)N(C(C)C)C(C)C)(c2ccccc2)c2ccc(OC)cc2)cc1. The first kappa shape index (κ1) is 52.9. The molecule has 13 heteroatoms. The highest BCUT2D eigenvalue weighted by Gasteiger charge is 2.52. The molecule has 0 N–H and O–H groups in total. The standard InChI is InChI=1S/C57H72N3O8PSi/c1-42(2)60(43(3)4)69(65-39-19-37-58)67-52-40-55(59-38-36-49(34-35-54(59)61)68-70(56(5,6)7,50-22-15-11-16-23-50)51-24-17-12-18-25-51)66-53(52)41-64-57(44-20-13-10-14-21-44,45-26-30-47(62-8)31-27-45)46-28-32-48(63-9)33-29-46/h10-18,20-33,42-43,49,52-53,55H,19,34-36,38-41H2,1-9H3/t49-,52?,53+,55+,69?/m0/s1. The molecule has 5 aromatic rings. The van der Waals surface area contributed by atoms with Crippen LogP contribution in [0.25, 0.3) is 0 Å². The van der Waals surface area contributed by atoms with Crippen molar-refractivity contribution >= 4 is 33.1 Å². The van der Waals surface area contributed by atoms with E-state index in [1.807, 2.05) is 71.6 Å². The second kappa shape index (κ2) is 24.0. The van der Waals surface area contributed by atoms with Crippen LogP contribution in [0.15, 0.2) is 140 Å². The Morgan fingerprint density at radius 3 is 1.76 bits per heavy atom. The molecule has 11 nitrogen and oxygen atoms in total. The fraction of sp³-hybridized carbons (Fsp3) is 0.439. The van der Waals surface area contributed by atoms with E-state index in [1.54, 1.807) is 14.2 Å². The molecule has 0 aromatic heterocycles. The Kier molecular flexibility index (Phi) is 18.1. The molecule has 1 amide bonds. The molecule has 372 valence electrons. The van der Waals surface area contributed by atoms with Crippen LogP contribution in [0.1, 0.15) is 97.3 Å². The highest BCUT2D eigenvalue weighted by atomic mass is 31.2. The quantitative estimate of drug-likeness (QED) is 0.0305. The number of ether oxygens (including phenoxy) is 4. The Bertz CT molecular complexity index is 2340. The normalized spacial score (nSPS) is 19.6. The van der Waals surface area contributed by atoms with Crippen molar-refractivity contribution in [2.75, 3.05) is 34.0 Å². The number of hydrogen-bond acceptors (Lipinski definition) is 10. The van der Waals surface area contributed by atoms with E-state index < -0.39 is 40.9 Å². The van der Waals surface area contributed by atoms with Gasteiger partial charge in [0, 0.05) is 37.6 Å².